The molecule has 1 aromatic carbocycles. The van der Waals surface area contributed by atoms with Crippen molar-refractivity contribution in [2.45, 2.75) is 51.9 Å². The van der Waals surface area contributed by atoms with E-state index in [1.54, 1.807) is 24.3 Å². The molecular formula is C23H27ClN6O3. The van der Waals surface area contributed by atoms with Gasteiger partial charge < -0.3 is 10.1 Å². The first-order valence-electron chi connectivity index (χ1n) is 10.9. The number of urea groups is 1. The van der Waals surface area contributed by atoms with Crippen LogP contribution in [0.5, 0.6) is 5.75 Å². The van der Waals surface area contributed by atoms with Crippen molar-refractivity contribution in [2.24, 2.45) is 15.9 Å². The molecule has 0 bridgehead atoms. The van der Waals surface area contributed by atoms with Crippen LogP contribution in [0, 0.1) is 5.92 Å². The zero-order valence-corrected chi connectivity index (χ0v) is 19.9. The van der Waals surface area contributed by atoms with Gasteiger partial charge in [0.25, 0.3) is 11.9 Å². The van der Waals surface area contributed by atoms with Gasteiger partial charge in [0.15, 0.2) is 0 Å². The molecule has 1 aromatic heterocycles. The molecule has 1 aliphatic carbocycles. The Hall–Kier alpha value is -3.20. The molecule has 2 aliphatic rings. The Morgan fingerprint density at radius 1 is 1.18 bits per heavy atom. The highest BCUT2D eigenvalue weighted by atomic mass is 35.5. The fourth-order valence-electron chi connectivity index (χ4n) is 3.86. The zero-order chi connectivity index (χ0) is 23.8. The molecule has 0 radical (unpaired) electrons. The summed E-state index contributed by atoms with van der Waals surface area (Å²) >= 11 is 6.06. The molecule has 174 valence electrons. The molecule has 2 aromatic rings. The third-order valence-corrected chi connectivity index (χ3v) is 5.88. The number of hydrogen-bond acceptors (Lipinski definition) is 5. The summed E-state index contributed by atoms with van der Waals surface area (Å²) < 4.78 is 6.71. The van der Waals surface area contributed by atoms with Crippen LogP contribution in [0.3, 0.4) is 0 Å². The number of carbonyl (C=O) groups is 2. The van der Waals surface area contributed by atoms with Crippen LogP contribution in [0.4, 0.5) is 16.3 Å². The number of rotatable bonds is 3. The fraction of sp³-hybridized carbons (Fsp3) is 0.435. The van der Waals surface area contributed by atoms with Gasteiger partial charge in [0.05, 0.1) is 24.4 Å². The van der Waals surface area contributed by atoms with E-state index in [1.165, 1.54) is 11.8 Å². The SMILES string of the molecule is COc1ccc(Cl)cc1NC(=O)Nc1cc(C(C)(C)C)nn1C1=NC(=O)C2CCCCC2=N1. The second kappa shape index (κ2) is 8.97. The third kappa shape index (κ3) is 4.93. The first kappa shape index (κ1) is 23.0. The lowest BCUT2D eigenvalue weighted by molar-refractivity contribution is -0.120. The van der Waals surface area contributed by atoms with Crippen LogP contribution < -0.4 is 15.4 Å². The summed E-state index contributed by atoms with van der Waals surface area (Å²) in [4.78, 5) is 34.4. The molecule has 2 heterocycles. The first-order chi connectivity index (χ1) is 15.7. The minimum absolute atomic E-state index is 0.166. The lowest BCUT2D eigenvalue weighted by Crippen LogP contribution is -2.34. The highest BCUT2D eigenvalue weighted by Crippen LogP contribution is 2.30. The number of carbonyl (C=O) groups excluding carboxylic acids is 2. The number of benzene rings is 1. The van der Waals surface area contributed by atoms with Gasteiger partial charge in [-0.3, -0.25) is 10.1 Å². The van der Waals surface area contributed by atoms with E-state index >= 15 is 0 Å². The molecule has 33 heavy (non-hydrogen) atoms. The van der Waals surface area contributed by atoms with Crippen molar-refractivity contribution in [3.63, 3.8) is 0 Å². The van der Waals surface area contributed by atoms with Crippen molar-refractivity contribution in [1.29, 1.82) is 0 Å². The number of nitrogens with one attached hydrogen (secondary N) is 2. The largest absolute Gasteiger partial charge is 0.495 e. The molecule has 0 saturated heterocycles. The van der Waals surface area contributed by atoms with E-state index in [4.69, 9.17) is 16.3 Å². The molecule has 1 unspecified atom stereocenters. The predicted molar refractivity (Wildman–Crippen MR) is 129 cm³/mol. The van der Waals surface area contributed by atoms with E-state index in [2.05, 4.69) is 25.7 Å². The number of methoxy groups -OCH3 is 1. The number of aromatic nitrogens is 2. The van der Waals surface area contributed by atoms with Crippen molar-refractivity contribution >= 4 is 46.7 Å². The second-order valence-corrected chi connectivity index (χ2v) is 9.59. The van der Waals surface area contributed by atoms with E-state index in [0.717, 1.165) is 37.1 Å². The molecule has 0 spiro atoms. The van der Waals surface area contributed by atoms with Gasteiger partial charge in [-0.05, 0) is 37.5 Å². The Morgan fingerprint density at radius 2 is 1.97 bits per heavy atom. The topological polar surface area (TPSA) is 110 Å². The number of fused-ring (bicyclic) bond motifs is 1. The molecule has 10 heteroatoms. The monoisotopic (exact) mass is 470 g/mol. The average molecular weight is 471 g/mol. The molecule has 3 amide bonds. The number of anilines is 2. The van der Waals surface area contributed by atoms with E-state index in [9.17, 15) is 9.59 Å². The Morgan fingerprint density at radius 3 is 2.70 bits per heavy atom. The predicted octanol–water partition coefficient (Wildman–Crippen LogP) is 4.86. The van der Waals surface area contributed by atoms with E-state index in [1.807, 2.05) is 20.8 Å². The number of aliphatic imine (C=N–C) groups is 2. The van der Waals surface area contributed by atoms with Gasteiger partial charge in [0, 0.05) is 22.2 Å². The van der Waals surface area contributed by atoms with Gasteiger partial charge in [-0.25, -0.2) is 9.79 Å². The second-order valence-electron chi connectivity index (χ2n) is 9.15. The standard InChI is InChI=1S/C23H27ClN6O3/c1-23(2,3)18-12-19(27-22(32)26-16-11-13(24)9-10-17(16)33-4)30(29-18)21-25-15-8-6-5-7-14(15)20(31)28-21/h9-12,14H,5-8H2,1-4H3,(H2,26,27,32). The molecule has 1 atom stereocenters. The zero-order valence-electron chi connectivity index (χ0n) is 19.1. The molecule has 9 nitrogen and oxygen atoms in total. The van der Waals surface area contributed by atoms with Gasteiger partial charge in [-0.15, -0.1) is 0 Å². The van der Waals surface area contributed by atoms with Crippen LogP contribution in [0.25, 0.3) is 0 Å². The molecular weight excluding hydrogens is 444 g/mol. The summed E-state index contributed by atoms with van der Waals surface area (Å²) in [7, 11) is 1.51. The molecule has 2 N–H and O–H groups in total. The van der Waals surface area contributed by atoms with Crippen molar-refractivity contribution in [1.82, 2.24) is 9.78 Å². The van der Waals surface area contributed by atoms with Crippen LogP contribution in [0.1, 0.15) is 52.1 Å². The van der Waals surface area contributed by atoms with Crippen LogP contribution in [-0.4, -0.2) is 40.5 Å². The minimum Gasteiger partial charge on any atom is -0.495 e. The summed E-state index contributed by atoms with van der Waals surface area (Å²) in [5, 5.41) is 10.6. The minimum atomic E-state index is -0.525. The van der Waals surface area contributed by atoms with Gasteiger partial charge >= 0.3 is 6.03 Å². The van der Waals surface area contributed by atoms with E-state index in [-0.39, 0.29) is 23.2 Å². The maximum Gasteiger partial charge on any atom is 0.324 e. The Balaban J connectivity index is 1.65. The maximum absolute atomic E-state index is 12.8. The Labute approximate surface area is 197 Å². The van der Waals surface area contributed by atoms with Gasteiger partial charge in [0.1, 0.15) is 11.6 Å². The molecule has 1 fully saturated rings. The van der Waals surface area contributed by atoms with Crippen molar-refractivity contribution in [3.05, 3.63) is 35.0 Å². The lowest BCUT2D eigenvalue weighted by atomic mass is 9.86. The number of halogens is 1. The molecule has 1 saturated carbocycles. The summed E-state index contributed by atoms with van der Waals surface area (Å²) in [5.74, 6) is 0.537. The summed E-state index contributed by atoms with van der Waals surface area (Å²) in [6, 6.07) is 6.16. The number of hydrogen-bond donors (Lipinski definition) is 2. The Kier molecular flexibility index (Phi) is 6.25. The average Bonchev–Trinajstić information content (AvgIpc) is 3.18. The normalized spacial score (nSPS) is 18.2. The summed E-state index contributed by atoms with van der Waals surface area (Å²) in [6.45, 7) is 6.03. The van der Waals surface area contributed by atoms with E-state index in [0.29, 0.717) is 22.3 Å². The number of nitrogens with zero attached hydrogens (tertiary/aromatic N) is 4. The highest BCUT2D eigenvalue weighted by molar-refractivity contribution is 6.31. The maximum atomic E-state index is 12.8. The smallest absolute Gasteiger partial charge is 0.324 e. The molecule has 4 rings (SSSR count). The fourth-order valence-corrected chi connectivity index (χ4v) is 4.03. The van der Waals surface area contributed by atoms with Crippen LogP contribution >= 0.6 is 11.6 Å². The van der Waals surface area contributed by atoms with Crippen molar-refractivity contribution in [2.75, 3.05) is 17.7 Å². The summed E-state index contributed by atoms with van der Waals surface area (Å²) in [5.41, 5.74) is 1.68. The summed E-state index contributed by atoms with van der Waals surface area (Å²) in [6.07, 6.45) is 3.53. The third-order valence-electron chi connectivity index (χ3n) is 5.65. The molecule has 1 aliphatic heterocycles. The van der Waals surface area contributed by atoms with Crippen LogP contribution in [-0.2, 0) is 10.2 Å². The van der Waals surface area contributed by atoms with Gasteiger partial charge in [0.2, 0.25) is 0 Å². The highest BCUT2D eigenvalue weighted by Gasteiger charge is 2.32. The first-order valence-corrected chi connectivity index (χ1v) is 11.3. The Bertz CT molecular complexity index is 1160. The van der Waals surface area contributed by atoms with Gasteiger partial charge in [-0.2, -0.15) is 14.8 Å². The quantitative estimate of drug-likeness (QED) is 0.667. The van der Waals surface area contributed by atoms with Crippen LogP contribution in [0.2, 0.25) is 5.02 Å². The van der Waals surface area contributed by atoms with Crippen molar-refractivity contribution in [3.8, 4) is 5.75 Å². The lowest BCUT2D eigenvalue weighted by Gasteiger charge is -2.24. The van der Waals surface area contributed by atoms with Crippen LogP contribution in [0.15, 0.2) is 34.3 Å². The van der Waals surface area contributed by atoms with Gasteiger partial charge in [-0.1, -0.05) is 38.8 Å². The van der Waals surface area contributed by atoms with E-state index < -0.39 is 6.03 Å². The van der Waals surface area contributed by atoms with Crippen molar-refractivity contribution < 1.29 is 14.3 Å². The number of ether oxygens (including phenoxy) is 1. The number of amides is 3.